The second-order valence-electron chi connectivity index (χ2n) is 24.3. The van der Waals surface area contributed by atoms with Crippen LogP contribution in [0.2, 0.25) is 33.2 Å². The number of carbonyl (C=O) groups is 4. The quantitative estimate of drug-likeness (QED) is 0.0191. The molecule has 0 aromatic heterocycles. The largest absolute Gasteiger partial charge is 0.468 e. The first kappa shape index (κ1) is 63.7. The van der Waals surface area contributed by atoms with Crippen molar-refractivity contribution in [1.82, 2.24) is 0 Å². The molecule has 0 heterocycles. The molecular weight excluding hydrogens is 1000 g/mol. The lowest BCUT2D eigenvalue weighted by Gasteiger charge is -2.41. The van der Waals surface area contributed by atoms with E-state index in [0.717, 1.165) is 117 Å². The average Bonchev–Trinajstić information content (AvgIpc) is 3.56. The van der Waals surface area contributed by atoms with Crippen LogP contribution >= 0.6 is 0 Å². The molecule has 8 nitrogen and oxygen atoms in total. The van der Waals surface area contributed by atoms with E-state index < -0.39 is 38.9 Å². The number of ether oxygens (including phenoxy) is 4. The van der Waals surface area contributed by atoms with Crippen LogP contribution in [0, 0.1) is 22.9 Å². The van der Waals surface area contributed by atoms with E-state index >= 15 is 0 Å². The van der Waals surface area contributed by atoms with Crippen molar-refractivity contribution in [3.05, 3.63) is 80.9 Å². The van der Waals surface area contributed by atoms with Crippen LogP contribution < -0.4 is 0 Å². The fourth-order valence-electron chi connectivity index (χ4n) is 14.2. The summed E-state index contributed by atoms with van der Waals surface area (Å²) in [6.45, 7) is 36.4. The number of rotatable bonds is 22. The molecule has 0 aliphatic heterocycles. The highest BCUT2D eigenvalue weighted by molar-refractivity contribution is 6.91. The van der Waals surface area contributed by atoms with Crippen molar-refractivity contribution in [2.75, 3.05) is 28.4 Å². The number of unbranched alkanes of at least 4 members (excludes halogenated alkanes) is 4. The fourth-order valence-corrected chi connectivity index (χ4v) is 24.6. The Hall–Kier alpha value is -5.17. The van der Waals surface area contributed by atoms with E-state index in [1.165, 1.54) is 28.4 Å². The lowest BCUT2D eigenvalue weighted by molar-refractivity contribution is -0.148. The Morgan fingerprint density at radius 1 is 0.436 bits per heavy atom. The van der Waals surface area contributed by atoms with Crippen LogP contribution in [0.1, 0.15) is 229 Å². The van der Waals surface area contributed by atoms with Gasteiger partial charge in [0.05, 0.1) is 39.6 Å². The summed E-state index contributed by atoms with van der Waals surface area (Å²) in [6, 6.07) is 8.82. The fraction of sp³-hybridized carbons (Fsp3) is 0.588. The van der Waals surface area contributed by atoms with Crippen molar-refractivity contribution >= 4 is 72.3 Å². The number of aryl methyl sites for hydroxylation is 2. The minimum Gasteiger partial charge on any atom is -0.468 e. The number of carbonyl (C=O) groups excluding carboxylic acids is 4. The minimum absolute atomic E-state index is 0.252. The van der Waals surface area contributed by atoms with Crippen molar-refractivity contribution in [1.29, 1.82) is 0 Å². The normalized spacial score (nSPS) is 16.5. The van der Waals surface area contributed by atoms with Gasteiger partial charge in [-0.3, -0.25) is 9.59 Å². The molecule has 5 rings (SSSR count). The Labute approximate surface area is 472 Å². The third-order valence-corrected chi connectivity index (χ3v) is 30.9. The zero-order valence-electron chi connectivity index (χ0n) is 51.7. The molecule has 0 radical (unpaired) electrons. The third kappa shape index (κ3) is 11.2. The maximum Gasteiger partial charge on any atom is 0.339 e. The van der Waals surface area contributed by atoms with E-state index in [2.05, 4.69) is 158 Å². The van der Waals surface area contributed by atoms with Crippen molar-refractivity contribution < 1.29 is 38.1 Å². The number of hydrogen-bond donors (Lipinski definition) is 0. The van der Waals surface area contributed by atoms with E-state index in [9.17, 15) is 19.2 Å². The van der Waals surface area contributed by atoms with Crippen LogP contribution in [-0.2, 0) is 52.2 Å². The molecule has 0 fully saturated rings. The van der Waals surface area contributed by atoms with Crippen molar-refractivity contribution in [2.45, 2.75) is 232 Å². The lowest BCUT2D eigenvalue weighted by Crippen LogP contribution is -2.46. The van der Waals surface area contributed by atoms with Gasteiger partial charge >= 0.3 is 23.9 Å². The van der Waals surface area contributed by atoms with Crippen LogP contribution in [0.3, 0.4) is 0 Å². The standard InChI is InChI=1S/C68H96O8Si2/c1-21-25-29-51-55-39-53-49(31-37-77(43(5)6,44(7)8)45(9)10)57-41-59-60(68(34-28-24-4,66(72)76-20)36-35-67(59,33-27-23-3)65(71)75-19)42-58(57)50(32-38-78(46(11)12,47(13)14)48(15)16)54(53)40-56(55)52(30-26-22-2)62(64(70)74-18)61(51)63(69)73-17/h35-36,39-48H,21-30,33-34H2,1-20H3. The van der Waals surface area contributed by atoms with E-state index in [-0.39, 0.29) is 23.1 Å². The highest BCUT2D eigenvalue weighted by Gasteiger charge is 2.52. The summed E-state index contributed by atoms with van der Waals surface area (Å²) in [5, 5.41) is 5.18. The Bertz CT molecular complexity index is 2800. The van der Waals surface area contributed by atoms with Gasteiger partial charge in [-0.1, -0.05) is 173 Å². The monoisotopic (exact) mass is 1100 g/mol. The van der Waals surface area contributed by atoms with Gasteiger partial charge in [0.25, 0.3) is 0 Å². The van der Waals surface area contributed by atoms with Crippen molar-refractivity contribution in [2.24, 2.45) is 0 Å². The molecule has 4 aromatic rings. The van der Waals surface area contributed by atoms with E-state index in [4.69, 9.17) is 18.9 Å². The van der Waals surface area contributed by atoms with Crippen LogP contribution in [0.4, 0.5) is 0 Å². The number of fused-ring (bicyclic) bond motifs is 4. The van der Waals surface area contributed by atoms with Crippen molar-refractivity contribution in [3.8, 4) is 22.9 Å². The third-order valence-electron chi connectivity index (χ3n) is 18.3. The summed E-state index contributed by atoms with van der Waals surface area (Å²) >= 11 is 0. The maximum atomic E-state index is 14.9. The van der Waals surface area contributed by atoms with Gasteiger partial charge in [0.15, 0.2) is 0 Å². The molecular formula is C68H96O8Si2. The molecule has 10 heteroatoms. The van der Waals surface area contributed by atoms with E-state index in [1.54, 1.807) is 0 Å². The summed E-state index contributed by atoms with van der Waals surface area (Å²) in [4.78, 5) is 58.6. The van der Waals surface area contributed by atoms with E-state index in [1.807, 2.05) is 12.2 Å². The molecule has 2 atom stereocenters. The number of hydrogen-bond acceptors (Lipinski definition) is 8. The smallest absolute Gasteiger partial charge is 0.339 e. The second kappa shape index (κ2) is 26.4. The molecule has 0 bridgehead atoms. The van der Waals surface area contributed by atoms with Crippen molar-refractivity contribution in [3.63, 3.8) is 0 Å². The predicted molar refractivity (Wildman–Crippen MR) is 330 cm³/mol. The minimum atomic E-state index is -2.43. The number of benzene rings is 4. The first-order chi connectivity index (χ1) is 36.9. The van der Waals surface area contributed by atoms with Crippen LogP contribution in [0.25, 0.3) is 32.3 Å². The van der Waals surface area contributed by atoms with Gasteiger partial charge in [0.1, 0.15) is 27.0 Å². The molecule has 0 spiro atoms. The van der Waals surface area contributed by atoms with Gasteiger partial charge in [0.2, 0.25) is 0 Å². The van der Waals surface area contributed by atoms with Crippen LogP contribution in [-0.4, -0.2) is 68.5 Å². The van der Waals surface area contributed by atoms with Gasteiger partial charge in [0, 0.05) is 11.1 Å². The Kier molecular flexibility index (Phi) is 21.6. The highest BCUT2D eigenvalue weighted by atomic mass is 28.3. The van der Waals surface area contributed by atoms with Gasteiger partial charge in [-0.2, -0.15) is 0 Å². The van der Waals surface area contributed by atoms with Gasteiger partial charge in [-0.25, -0.2) is 9.59 Å². The summed E-state index contributed by atoms with van der Waals surface area (Å²) in [7, 11) is 0.785. The topological polar surface area (TPSA) is 105 Å². The van der Waals surface area contributed by atoms with Gasteiger partial charge in [-0.15, -0.1) is 11.1 Å². The maximum absolute atomic E-state index is 14.9. The molecule has 1 aliphatic carbocycles. The Morgan fingerprint density at radius 3 is 0.987 bits per heavy atom. The number of esters is 4. The van der Waals surface area contributed by atoms with Gasteiger partial charge < -0.3 is 18.9 Å². The molecule has 1 aliphatic rings. The van der Waals surface area contributed by atoms with Crippen LogP contribution in [0.5, 0.6) is 0 Å². The average molecular weight is 1100 g/mol. The zero-order valence-corrected chi connectivity index (χ0v) is 53.7. The van der Waals surface area contributed by atoms with E-state index in [0.29, 0.717) is 58.9 Å². The highest BCUT2D eigenvalue weighted by Crippen LogP contribution is 2.52. The molecule has 0 saturated heterocycles. The predicted octanol–water partition coefficient (Wildman–Crippen LogP) is 17.3. The molecule has 0 amide bonds. The SMILES string of the molecule is CCCCc1c(C(=O)OC)c(C(=O)OC)c(CCCC)c2cc3c(C#C[Si](C(C)C)(C(C)C)C(C)C)c4cc5c(cc4c(C#C[Si](C(C)C)(C(C)C)C(C)C)c3cc12)C(CCCC)(C(=O)OC)C=CC5(CCCC)C(=O)OC. The summed E-state index contributed by atoms with van der Waals surface area (Å²) in [6.07, 6.45) is 12.3. The lowest BCUT2D eigenvalue weighted by atomic mass is 9.61. The zero-order chi connectivity index (χ0) is 58.2. The second-order valence-corrected chi connectivity index (χ2v) is 35.5. The number of methoxy groups -OCH3 is 4. The molecule has 4 aromatic carbocycles. The first-order valence-electron chi connectivity index (χ1n) is 29.6. The van der Waals surface area contributed by atoms with Crippen LogP contribution in [0.15, 0.2) is 36.4 Å². The molecule has 78 heavy (non-hydrogen) atoms. The van der Waals surface area contributed by atoms with Gasteiger partial charge in [-0.05, 0) is 151 Å². The molecule has 0 N–H and O–H groups in total. The molecule has 0 saturated carbocycles. The molecule has 2 unspecified atom stereocenters. The summed E-state index contributed by atoms with van der Waals surface area (Å²) in [5.74, 6) is 6.13. The summed E-state index contributed by atoms with van der Waals surface area (Å²) in [5.41, 5.74) is 12.9. The summed E-state index contributed by atoms with van der Waals surface area (Å²) < 4.78 is 22.8. The molecule has 424 valence electrons. The first-order valence-corrected chi connectivity index (χ1v) is 34.1. The Balaban J connectivity index is 2.42. The Morgan fingerprint density at radius 2 is 0.731 bits per heavy atom.